The van der Waals surface area contributed by atoms with Crippen LogP contribution >= 0.6 is 0 Å². The molecule has 3 heterocycles. The Morgan fingerprint density at radius 1 is 1.21 bits per heavy atom. The van der Waals surface area contributed by atoms with Gasteiger partial charge in [0.15, 0.2) is 0 Å². The van der Waals surface area contributed by atoms with Crippen LogP contribution in [-0.4, -0.2) is 71.5 Å². The predicted molar refractivity (Wildman–Crippen MR) is 103 cm³/mol. The van der Waals surface area contributed by atoms with E-state index in [1.165, 1.54) is 10.5 Å². The molecule has 1 fully saturated rings. The van der Waals surface area contributed by atoms with Crippen LogP contribution in [0.4, 0.5) is 0 Å². The second-order valence-electron chi connectivity index (χ2n) is 6.63. The van der Waals surface area contributed by atoms with Gasteiger partial charge in [-0.15, -0.1) is 0 Å². The number of carbonyl (C=O) groups is 1. The summed E-state index contributed by atoms with van der Waals surface area (Å²) in [5.41, 5.74) is 1.44. The molecule has 9 nitrogen and oxygen atoms in total. The molecule has 28 heavy (non-hydrogen) atoms. The van der Waals surface area contributed by atoms with Crippen molar-refractivity contribution in [3.8, 4) is 5.88 Å². The Morgan fingerprint density at radius 3 is 2.61 bits per heavy atom. The SMILES string of the molecule is CCOc1ccc(C(=O)N2CCCN(S(=O)(=O)c3c(C)n[nH]c3C)CC2)cn1. The van der Waals surface area contributed by atoms with Crippen molar-refractivity contribution >= 4 is 15.9 Å². The van der Waals surface area contributed by atoms with Crippen LogP contribution in [0, 0.1) is 13.8 Å². The first-order valence-electron chi connectivity index (χ1n) is 9.24. The van der Waals surface area contributed by atoms with Crippen molar-refractivity contribution in [1.29, 1.82) is 0 Å². The van der Waals surface area contributed by atoms with Crippen LogP contribution in [0.1, 0.15) is 35.1 Å². The average Bonchev–Trinajstić information content (AvgIpc) is 2.87. The van der Waals surface area contributed by atoms with E-state index in [9.17, 15) is 13.2 Å². The number of hydrogen-bond acceptors (Lipinski definition) is 6. The van der Waals surface area contributed by atoms with E-state index in [0.29, 0.717) is 55.5 Å². The number of carbonyl (C=O) groups excluding carboxylic acids is 1. The Bertz CT molecular complexity index is 920. The number of nitrogens with zero attached hydrogens (tertiary/aromatic N) is 4. The Morgan fingerprint density at radius 2 is 2.00 bits per heavy atom. The van der Waals surface area contributed by atoms with Gasteiger partial charge >= 0.3 is 0 Å². The van der Waals surface area contributed by atoms with Gasteiger partial charge < -0.3 is 9.64 Å². The molecule has 0 atom stereocenters. The standard InChI is InChI=1S/C18H25N5O4S/c1-4-27-16-7-6-15(12-19-16)18(24)22-8-5-9-23(11-10-22)28(25,26)17-13(2)20-21-14(17)3/h6-7,12H,4-5,8-11H2,1-3H3,(H,20,21). The normalized spacial score (nSPS) is 16.0. The molecule has 152 valence electrons. The molecule has 0 aromatic carbocycles. The minimum atomic E-state index is -3.66. The molecule has 0 saturated carbocycles. The van der Waals surface area contributed by atoms with Gasteiger partial charge in [-0.25, -0.2) is 13.4 Å². The Labute approximate surface area is 164 Å². The minimum Gasteiger partial charge on any atom is -0.478 e. The van der Waals surface area contributed by atoms with E-state index >= 15 is 0 Å². The molecule has 2 aromatic rings. The number of aromatic amines is 1. The van der Waals surface area contributed by atoms with Crippen LogP contribution in [0.5, 0.6) is 5.88 Å². The Hall–Kier alpha value is -2.46. The monoisotopic (exact) mass is 407 g/mol. The van der Waals surface area contributed by atoms with E-state index in [-0.39, 0.29) is 17.3 Å². The number of aromatic nitrogens is 3. The highest BCUT2D eigenvalue weighted by atomic mass is 32.2. The summed E-state index contributed by atoms with van der Waals surface area (Å²) >= 11 is 0. The van der Waals surface area contributed by atoms with Gasteiger partial charge in [-0.05, 0) is 33.3 Å². The molecule has 1 amide bonds. The zero-order chi connectivity index (χ0) is 20.3. The highest BCUT2D eigenvalue weighted by Crippen LogP contribution is 2.23. The molecule has 1 aliphatic heterocycles. The number of nitrogens with one attached hydrogen (secondary N) is 1. The lowest BCUT2D eigenvalue weighted by Gasteiger charge is -2.22. The molecule has 10 heteroatoms. The number of aryl methyl sites for hydroxylation is 2. The van der Waals surface area contributed by atoms with E-state index in [0.717, 1.165) is 0 Å². The minimum absolute atomic E-state index is 0.162. The second-order valence-corrected chi connectivity index (χ2v) is 8.51. The molecular weight excluding hydrogens is 382 g/mol. The number of pyridine rings is 1. The Balaban J connectivity index is 1.71. The summed E-state index contributed by atoms with van der Waals surface area (Å²) in [6, 6.07) is 3.34. The smallest absolute Gasteiger partial charge is 0.255 e. The van der Waals surface area contributed by atoms with Gasteiger partial charge in [0.05, 0.1) is 23.6 Å². The van der Waals surface area contributed by atoms with Crippen molar-refractivity contribution in [2.45, 2.75) is 32.1 Å². The summed E-state index contributed by atoms with van der Waals surface area (Å²) in [5, 5.41) is 6.71. The predicted octanol–water partition coefficient (Wildman–Crippen LogP) is 1.36. The first-order chi connectivity index (χ1) is 13.3. The number of H-pyrrole nitrogens is 1. The third-order valence-electron chi connectivity index (χ3n) is 4.68. The molecule has 0 bridgehead atoms. The molecule has 3 rings (SSSR count). The molecule has 1 saturated heterocycles. The lowest BCUT2D eigenvalue weighted by molar-refractivity contribution is 0.0763. The molecular formula is C18H25N5O4S. The summed E-state index contributed by atoms with van der Waals surface area (Å²) in [6.07, 6.45) is 2.05. The number of sulfonamides is 1. The molecule has 0 aliphatic carbocycles. The summed E-state index contributed by atoms with van der Waals surface area (Å²) in [6.45, 7) is 7.14. The van der Waals surface area contributed by atoms with Gasteiger partial charge in [0.1, 0.15) is 4.90 Å². The molecule has 2 aromatic heterocycles. The van der Waals surface area contributed by atoms with Crippen molar-refractivity contribution < 1.29 is 17.9 Å². The first kappa shape index (κ1) is 20.3. The molecule has 1 N–H and O–H groups in total. The zero-order valence-corrected chi connectivity index (χ0v) is 17.1. The van der Waals surface area contributed by atoms with Gasteiger partial charge in [-0.2, -0.15) is 9.40 Å². The van der Waals surface area contributed by atoms with Crippen molar-refractivity contribution in [2.75, 3.05) is 32.8 Å². The highest BCUT2D eigenvalue weighted by molar-refractivity contribution is 7.89. The van der Waals surface area contributed by atoms with Gasteiger partial charge in [-0.1, -0.05) is 0 Å². The fourth-order valence-corrected chi connectivity index (χ4v) is 5.11. The maximum absolute atomic E-state index is 13.0. The topological polar surface area (TPSA) is 108 Å². The summed E-state index contributed by atoms with van der Waals surface area (Å²) in [7, 11) is -3.66. The first-order valence-corrected chi connectivity index (χ1v) is 10.7. The third kappa shape index (κ3) is 4.02. The van der Waals surface area contributed by atoms with Gasteiger partial charge in [-0.3, -0.25) is 9.89 Å². The maximum atomic E-state index is 13.0. The van der Waals surface area contributed by atoms with Crippen molar-refractivity contribution in [1.82, 2.24) is 24.4 Å². The van der Waals surface area contributed by atoms with E-state index in [1.807, 2.05) is 6.92 Å². The van der Waals surface area contributed by atoms with Gasteiger partial charge in [0.2, 0.25) is 15.9 Å². The number of amides is 1. The third-order valence-corrected chi connectivity index (χ3v) is 6.84. The number of rotatable bonds is 5. The highest BCUT2D eigenvalue weighted by Gasteiger charge is 2.32. The van der Waals surface area contributed by atoms with Crippen LogP contribution in [0.3, 0.4) is 0 Å². The van der Waals surface area contributed by atoms with Crippen LogP contribution in [0.15, 0.2) is 23.2 Å². The Kier molecular flexibility index (Phi) is 5.99. The van der Waals surface area contributed by atoms with E-state index in [2.05, 4.69) is 15.2 Å². The van der Waals surface area contributed by atoms with Crippen LogP contribution in [0.25, 0.3) is 0 Å². The molecule has 0 radical (unpaired) electrons. The lowest BCUT2D eigenvalue weighted by Crippen LogP contribution is -2.37. The fourth-order valence-electron chi connectivity index (χ4n) is 3.31. The average molecular weight is 407 g/mol. The van der Waals surface area contributed by atoms with Crippen molar-refractivity contribution in [3.05, 3.63) is 35.3 Å². The summed E-state index contributed by atoms with van der Waals surface area (Å²) in [5.74, 6) is 0.309. The number of hydrogen-bond donors (Lipinski definition) is 1. The van der Waals surface area contributed by atoms with Crippen molar-refractivity contribution in [3.63, 3.8) is 0 Å². The lowest BCUT2D eigenvalue weighted by atomic mass is 10.2. The largest absolute Gasteiger partial charge is 0.478 e. The summed E-state index contributed by atoms with van der Waals surface area (Å²) < 4.78 is 32.8. The molecule has 0 unspecified atom stereocenters. The maximum Gasteiger partial charge on any atom is 0.255 e. The van der Waals surface area contributed by atoms with Gasteiger partial charge in [0.25, 0.3) is 5.91 Å². The van der Waals surface area contributed by atoms with E-state index < -0.39 is 10.0 Å². The van der Waals surface area contributed by atoms with E-state index in [4.69, 9.17) is 4.74 Å². The zero-order valence-electron chi connectivity index (χ0n) is 16.3. The van der Waals surface area contributed by atoms with Crippen LogP contribution in [-0.2, 0) is 10.0 Å². The fraction of sp³-hybridized carbons (Fsp3) is 0.500. The van der Waals surface area contributed by atoms with Gasteiger partial charge in [0, 0.05) is 38.4 Å². The van der Waals surface area contributed by atoms with Crippen LogP contribution in [0.2, 0.25) is 0 Å². The molecule has 0 spiro atoms. The quantitative estimate of drug-likeness (QED) is 0.802. The van der Waals surface area contributed by atoms with Crippen molar-refractivity contribution in [2.24, 2.45) is 0 Å². The second kappa shape index (κ2) is 8.27. The summed E-state index contributed by atoms with van der Waals surface area (Å²) in [4.78, 5) is 18.8. The number of ether oxygens (including phenoxy) is 1. The van der Waals surface area contributed by atoms with E-state index in [1.54, 1.807) is 30.9 Å². The molecule has 1 aliphatic rings. The van der Waals surface area contributed by atoms with Crippen LogP contribution < -0.4 is 4.74 Å².